The van der Waals surface area contributed by atoms with Crippen molar-refractivity contribution >= 4 is 11.6 Å². The number of hydrogen-bond acceptors (Lipinski definition) is 3. The monoisotopic (exact) mass is 276 g/mol. The summed E-state index contributed by atoms with van der Waals surface area (Å²) in [5, 5.41) is 9.93. The third kappa shape index (κ3) is 2.31. The molecule has 0 saturated carbocycles. The van der Waals surface area contributed by atoms with E-state index >= 15 is 0 Å². The number of hydrogen-bond donors (Lipinski definition) is 0. The van der Waals surface area contributed by atoms with E-state index in [-0.39, 0.29) is 11.5 Å². The van der Waals surface area contributed by atoms with E-state index in [0.29, 0.717) is 0 Å². The lowest BCUT2D eigenvalue weighted by molar-refractivity contribution is -0.137. The zero-order valence-corrected chi connectivity index (χ0v) is 9.94. The van der Waals surface area contributed by atoms with Crippen molar-refractivity contribution in [1.29, 1.82) is 0 Å². The standard InChI is InChI=1S/C10H8ClF3N4/c1-6(11)9-15-16-17-18(9)8-5-3-2-4-7(8)10(12,13)14/h2-6H,1H3. The highest BCUT2D eigenvalue weighted by atomic mass is 35.5. The van der Waals surface area contributed by atoms with Gasteiger partial charge in [-0.05, 0) is 29.5 Å². The summed E-state index contributed by atoms with van der Waals surface area (Å²) in [5.74, 6) is 0.161. The summed E-state index contributed by atoms with van der Waals surface area (Å²) in [6, 6.07) is 5.05. The van der Waals surface area contributed by atoms with E-state index in [1.54, 1.807) is 6.92 Å². The molecule has 0 aliphatic heterocycles. The lowest BCUT2D eigenvalue weighted by Gasteiger charge is -2.13. The average Bonchev–Trinajstić information content (AvgIpc) is 2.76. The van der Waals surface area contributed by atoms with Crippen LogP contribution in [0.3, 0.4) is 0 Å². The molecule has 2 aromatic rings. The molecule has 0 saturated heterocycles. The number of benzene rings is 1. The minimum absolute atomic E-state index is 0.141. The first-order valence-electron chi connectivity index (χ1n) is 5.00. The van der Waals surface area contributed by atoms with Gasteiger partial charge in [-0.15, -0.1) is 16.7 Å². The van der Waals surface area contributed by atoms with Crippen molar-refractivity contribution in [3.05, 3.63) is 35.7 Å². The van der Waals surface area contributed by atoms with Crippen LogP contribution >= 0.6 is 11.6 Å². The maximum atomic E-state index is 12.9. The fourth-order valence-electron chi connectivity index (χ4n) is 1.51. The summed E-state index contributed by atoms with van der Waals surface area (Å²) in [5.41, 5.74) is -0.951. The summed E-state index contributed by atoms with van der Waals surface area (Å²) >= 11 is 5.82. The first-order valence-corrected chi connectivity index (χ1v) is 5.44. The smallest absolute Gasteiger partial charge is 0.195 e. The van der Waals surface area contributed by atoms with Crippen molar-refractivity contribution in [2.24, 2.45) is 0 Å². The van der Waals surface area contributed by atoms with Crippen molar-refractivity contribution in [3.8, 4) is 5.69 Å². The van der Waals surface area contributed by atoms with Gasteiger partial charge in [0.05, 0.1) is 16.6 Å². The van der Waals surface area contributed by atoms with Crippen molar-refractivity contribution < 1.29 is 13.2 Å². The SMILES string of the molecule is CC(Cl)c1nnnn1-c1ccccc1C(F)(F)F. The van der Waals surface area contributed by atoms with E-state index in [4.69, 9.17) is 11.6 Å². The van der Waals surface area contributed by atoms with Gasteiger partial charge in [0.2, 0.25) is 0 Å². The van der Waals surface area contributed by atoms with Crippen LogP contribution < -0.4 is 0 Å². The molecule has 1 aromatic heterocycles. The Balaban J connectivity index is 2.61. The minimum Gasteiger partial charge on any atom is -0.195 e. The second-order valence-corrected chi connectivity index (χ2v) is 4.23. The molecule has 0 aliphatic carbocycles. The molecular weight excluding hydrogens is 269 g/mol. The van der Waals surface area contributed by atoms with E-state index < -0.39 is 17.1 Å². The summed E-state index contributed by atoms with van der Waals surface area (Å²) in [4.78, 5) is 0. The Hall–Kier alpha value is -1.63. The Kier molecular flexibility index (Phi) is 3.25. The molecular formula is C10H8ClF3N4. The highest BCUT2D eigenvalue weighted by Crippen LogP contribution is 2.34. The molecule has 1 unspecified atom stereocenters. The molecule has 4 nitrogen and oxygen atoms in total. The Labute approximate surface area is 105 Å². The van der Waals surface area contributed by atoms with Crippen molar-refractivity contribution in [2.75, 3.05) is 0 Å². The summed E-state index contributed by atoms with van der Waals surface area (Å²) < 4.78 is 39.6. The average molecular weight is 277 g/mol. The van der Waals surface area contributed by atoms with Gasteiger partial charge in [-0.3, -0.25) is 0 Å². The molecule has 1 aromatic carbocycles. The van der Waals surface area contributed by atoms with Crippen LogP contribution in [-0.4, -0.2) is 20.2 Å². The molecule has 0 spiro atoms. The van der Waals surface area contributed by atoms with Crippen LogP contribution in [0.15, 0.2) is 24.3 Å². The van der Waals surface area contributed by atoms with Crippen LogP contribution in [-0.2, 0) is 6.18 Å². The molecule has 18 heavy (non-hydrogen) atoms. The van der Waals surface area contributed by atoms with Crippen molar-refractivity contribution in [1.82, 2.24) is 20.2 Å². The number of tetrazole rings is 1. The number of alkyl halides is 4. The van der Waals surface area contributed by atoms with Gasteiger partial charge in [0.15, 0.2) is 5.82 Å². The van der Waals surface area contributed by atoms with Crippen LogP contribution in [0.4, 0.5) is 13.2 Å². The van der Waals surface area contributed by atoms with Crippen LogP contribution in [0, 0.1) is 0 Å². The summed E-state index contributed by atoms with van der Waals surface area (Å²) in [6.45, 7) is 1.58. The van der Waals surface area contributed by atoms with Gasteiger partial charge in [-0.1, -0.05) is 12.1 Å². The lowest BCUT2D eigenvalue weighted by atomic mass is 10.1. The van der Waals surface area contributed by atoms with Crippen molar-refractivity contribution in [3.63, 3.8) is 0 Å². The Morgan fingerprint density at radius 2 is 1.94 bits per heavy atom. The molecule has 1 heterocycles. The number of aromatic nitrogens is 4. The van der Waals surface area contributed by atoms with Gasteiger partial charge in [0.1, 0.15) is 0 Å². The highest BCUT2D eigenvalue weighted by molar-refractivity contribution is 6.20. The number of nitrogens with zero attached hydrogens (tertiary/aromatic N) is 4. The van der Waals surface area contributed by atoms with E-state index in [9.17, 15) is 13.2 Å². The fraction of sp³-hybridized carbons (Fsp3) is 0.300. The third-order valence-electron chi connectivity index (χ3n) is 2.29. The molecule has 0 bridgehead atoms. The molecule has 0 amide bonds. The maximum Gasteiger partial charge on any atom is 0.418 e. The molecule has 1 atom stereocenters. The van der Waals surface area contributed by atoms with Gasteiger partial charge in [-0.2, -0.15) is 17.9 Å². The second kappa shape index (κ2) is 4.56. The fourth-order valence-corrected chi connectivity index (χ4v) is 1.65. The third-order valence-corrected chi connectivity index (χ3v) is 2.48. The second-order valence-electron chi connectivity index (χ2n) is 3.58. The molecule has 0 fully saturated rings. The van der Waals surface area contributed by atoms with Gasteiger partial charge in [-0.25, -0.2) is 0 Å². The molecule has 0 radical (unpaired) electrons. The molecule has 0 aliphatic rings. The quantitative estimate of drug-likeness (QED) is 0.792. The largest absolute Gasteiger partial charge is 0.418 e. The minimum atomic E-state index is -4.48. The Morgan fingerprint density at radius 3 is 2.56 bits per heavy atom. The molecule has 8 heteroatoms. The van der Waals surface area contributed by atoms with E-state index in [1.807, 2.05) is 0 Å². The van der Waals surface area contributed by atoms with Crippen LogP contribution in [0.5, 0.6) is 0 Å². The molecule has 0 N–H and O–H groups in total. The Morgan fingerprint density at radius 1 is 1.28 bits per heavy atom. The zero-order valence-electron chi connectivity index (χ0n) is 9.19. The summed E-state index contributed by atoms with van der Waals surface area (Å²) in [7, 11) is 0. The van der Waals surface area contributed by atoms with Gasteiger partial charge < -0.3 is 0 Å². The van der Waals surface area contributed by atoms with Gasteiger partial charge in [0, 0.05) is 0 Å². The van der Waals surface area contributed by atoms with Crippen LogP contribution in [0.2, 0.25) is 0 Å². The Bertz CT molecular complexity index is 550. The number of halogens is 4. The number of rotatable bonds is 2. The highest BCUT2D eigenvalue weighted by Gasteiger charge is 2.34. The van der Waals surface area contributed by atoms with Crippen LogP contribution in [0.1, 0.15) is 23.7 Å². The first kappa shape index (κ1) is 12.8. The topological polar surface area (TPSA) is 43.6 Å². The molecule has 96 valence electrons. The van der Waals surface area contributed by atoms with Crippen molar-refractivity contribution in [2.45, 2.75) is 18.5 Å². The summed E-state index contributed by atoms with van der Waals surface area (Å²) in [6.07, 6.45) is -4.48. The number of para-hydroxylation sites is 1. The predicted octanol–water partition coefficient (Wildman–Crippen LogP) is 2.98. The zero-order chi connectivity index (χ0) is 13.3. The van der Waals surface area contributed by atoms with Gasteiger partial charge in [0.25, 0.3) is 0 Å². The lowest BCUT2D eigenvalue weighted by Crippen LogP contribution is -2.13. The van der Waals surface area contributed by atoms with Gasteiger partial charge >= 0.3 is 6.18 Å². The van der Waals surface area contributed by atoms with Crippen LogP contribution in [0.25, 0.3) is 5.69 Å². The molecule has 2 rings (SSSR count). The van der Waals surface area contributed by atoms with E-state index in [1.165, 1.54) is 18.2 Å². The van der Waals surface area contributed by atoms with E-state index in [0.717, 1.165) is 10.7 Å². The normalized spacial score (nSPS) is 13.6. The first-order chi connectivity index (χ1) is 8.41. The maximum absolute atomic E-state index is 12.9. The predicted molar refractivity (Wildman–Crippen MR) is 58.4 cm³/mol. The van der Waals surface area contributed by atoms with E-state index in [2.05, 4.69) is 15.5 Å².